The van der Waals surface area contributed by atoms with E-state index in [2.05, 4.69) is 31.9 Å². The van der Waals surface area contributed by atoms with Crippen LogP contribution in [0.1, 0.15) is 5.56 Å². The molecule has 2 aromatic rings. The van der Waals surface area contributed by atoms with Crippen molar-refractivity contribution in [3.8, 4) is 5.75 Å². The monoisotopic (exact) mass is 373 g/mol. The van der Waals surface area contributed by atoms with E-state index in [-0.39, 0.29) is 5.82 Å². The minimum absolute atomic E-state index is 0.330. The van der Waals surface area contributed by atoms with Gasteiger partial charge >= 0.3 is 0 Å². The topological polar surface area (TPSA) is 35.2 Å². The number of hydrogen-bond donors (Lipinski definition) is 1. The third kappa shape index (κ3) is 3.23. The summed E-state index contributed by atoms with van der Waals surface area (Å²) in [5.41, 5.74) is 7.34. The number of benzene rings is 2. The van der Waals surface area contributed by atoms with Gasteiger partial charge in [0.05, 0.1) is 4.47 Å². The van der Waals surface area contributed by atoms with Crippen LogP contribution < -0.4 is 10.5 Å². The molecule has 18 heavy (non-hydrogen) atoms. The number of nitrogens with two attached hydrogens (primary N) is 1. The lowest BCUT2D eigenvalue weighted by Gasteiger charge is -2.09. The largest absolute Gasteiger partial charge is 0.488 e. The van der Waals surface area contributed by atoms with Crippen LogP contribution in [0.15, 0.2) is 45.3 Å². The molecule has 0 atom stereocenters. The van der Waals surface area contributed by atoms with Gasteiger partial charge in [0.2, 0.25) is 0 Å². The Morgan fingerprint density at radius 2 is 1.78 bits per heavy atom. The maximum absolute atomic E-state index is 13.1. The summed E-state index contributed by atoms with van der Waals surface area (Å²) in [5.74, 6) is 0.139. The zero-order chi connectivity index (χ0) is 13.1. The number of hydrogen-bond acceptors (Lipinski definition) is 2. The van der Waals surface area contributed by atoms with Crippen LogP contribution in [0.2, 0.25) is 0 Å². The molecular formula is C13H10Br2FNO. The molecule has 2 aromatic carbocycles. The third-order valence-electron chi connectivity index (χ3n) is 2.35. The van der Waals surface area contributed by atoms with E-state index >= 15 is 0 Å². The molecule has 94 valence electrons. The molecular weight excluding hydrogens is 365 g/mol. The molecule has 2 N–H and O–H groups in total. The van der Waals surface area contributed by atoms with Gasteiger partial charge in [-0.1, -0.05) is 6.07 Å². The fourth-order valence-electron chi connectivity index (χ4n) is 1.43. The highest BCUT2D eigenvalue weighted by atomic mass is 79.9. The number of ether oxygens (including phenoxy) is 1. The van der Waals surface area contributed by atoms with Crippen molar-refractivity contribution >= 4 is 37.5 Å². The number of halogens is 3. The molecule has 2 rings (SSSR count). The van der Waals surface area contributed by atoms with Crippen molar-refractivity contribution in [1.82, 2.24) is 0 Å². The van der Waals surface area contributed by atoms with Gasteiger partial charge in [-0.15, -0.1) is 0 Å². The predicted octanol–water partition coefficient (Wildman–Crippen LogP) is 4.51. The summed E-state index contributed by atoms with van der Waals surface area (Å²) in [4.78, 5) is 0. The zero-order valence-corrected chi connectivity index (χ0v) is 12.5. The van der Waals surface area contributed by atoms with Gasteiger partial charge in [-0.3, -0.25) is 0 Å². The van der Waals surface area contributed by atoms with E-state index < -0.39 is 0 Å². The predicted molar refractivity (Wildman–Crippen MR) is 77.0 cm³/mol. The van der Waals surface area contributed by atoms with Crippen LogP contribution in [-0.2, 0) is 6.61 Å². The van der Waals surface area contributed by atoms with Crippen molar-refractivity contribution in [2.75, 3.05) is 5.73 Å². The van der Waals surface area contributed by atoms with E-state index in [0.717, 1.165) is 10.0 Å². The Labute approximate surface area is 121 Å². The first-order chi connectivity index (χ1) is 8.56. The summed E-state index contributed by atoms with van der Waals surface area (Å²) in [6.45, 7) is 0.333. The first kappa shape index (κ1) is 13.4. The fraction of sp³-hybridized carbons (Fsp3) is 0.0769. The summed E-state index contributed by atoms with van der Waals surface area (Å²) >= 11 is 6.63. The molecule has 0 unspecified atom stereocenters. The van der Waals surface area contributed by atoms with Gasteiger partial charge in [-0.2, -0.15) is 0 Å². The third-order valence-corrected chi connectivity index (χ3v) is 3.73. The van der Waals surface area contributed by atoms with Crippen LogP contribution in [-0.4, -0.2) is 0 Å². The Balaban J connectivity index is 2.11. The molecule has 0 aliphatic carbocycles. The molecule has 0 radical (unpaired) electrons. The van der Waals surface area contributed by atoms with Crippen molar-refractivity contribution in [3.63, 3.8) is 0 Å². The van der Waals surface area contributed by atoms with Crippen molar-refractivity contribution in [3.05, 3.63) is 56.7 Å². The molecule has 0 aromatic heterocycles. The second kappa shape index (κ2) is 5.71. The second-order valence-electron chi connectivity index (χ2n) is 3.72. The Kier molecular flexibility index (Phi) is 4.24. The van der Waals surface area contributed by atoms with Crippen LogP contribution in [0.4, 0.5) is 10.1 Å². The Hall–Kier alpha value is -1.07. The lowest BCUT2D eigenvalue weighted by Crippen LogP contribution is -1.98. The second-order valence-corrected chi connectivity index (χ2v) is 5.43. The molecule has 0 heterocycles. The van der Waals surface area contributed by atoms with Gasteiger partial charge in [0.25, 0.3) is 0 Å². The van der Waals surface area contributed by atoms with Crippen LogP contribution in [0.5, 0.6) is 5.75 Å². The van der Waals surface area contributed by atoms with Gasteiger partial charge in [-0.25, -0.2) is 4.39 Å². The highest BCUT2D eigenvalue weighted by molar-refractivity contribution is 9.11. The fourth-order valence-corrected chi connectivity index (χ4v) is 2.04. The Morgan fingerprint density at radius 1 is 1.06 bits per heavy atom. The SMILES string of the molecule is Nc1cc(COc2cc(F)ccc2Br)ccc1Br. The first-order valence-electron chi connectivity index (χ1n) is 5.18. The van der Waals surface area contributed by atoms with E-state index in [1.165, 1.54) is 12.1 Å². The molecule has 0 amide bonds. The molecule has 0 aliphatic rings. The maximum Gasteiger partial charge on any atom is 0.136 e. The van der Waals surface area contributed by atoms with E-state index in [4.69, 9.17) is 10.5 Å². The van der Waals surface area contributed by atoms with Crippen LogP contribution in [0, 0.1) is 5.82 Å². The zero-order valence-electron chi connectivity index (χ0n) is 9.29. The van der Waals surface area contributed by atoms with E-state index in [1.54, 1.807) is 6.07 Å². The van der Waals surface area contributed by atoms with Crippen molar-refractivity contribution in [2.45, 2.75) is 6.61 Å². The Morgan fingerprint density at radius 3 is 2.50 bits per heavy atom. The molecule has 0 saturated heterocycles. The van der Waals surface area contributed by atoms with Gasteiger partial charge in [0.15, 0.2) is 0 Å². The summed E-state index contributed by atoms with van der Waals surface area (Å²) in [6, 6.07) is 9.89. The maximum atomic E-state index is 13.1. The summed E-state index contributed by atoms with van der Waals surface area (Å²) < 4.78 is 20.2. The van der Waals surface area contributed by atoms with Crippen molar-refractivity contribution in [1.29, 1.82) is 0 Å². The minimum Gasteiger partial charge on any atom is -0.488 e. The van der Waals surface area contributed by atoms with Crippen LogP contribution in [0.3, 0.4) is 0 Å². The number of nitrogen functional groups attached to an aromatic ring is 1. The molecule has 0 spiro atoms. The molecule has 0 fully saturated rings. The lowest BCUT2D eigenvalue weighted by molar-refractivity contribution is 0.302. The lowest BCUT2D eigenvalue weighted by atomic mass is 10.2. The van der Waals surface area contributed by atoms with Crippen molar-refractivity contribution < 1.29 is 9.13 Å². The van der Waals surface area contributed by atoms with Crippen molar-refractivity contribution in [2.24, 2.45) is 0 Å². The highest BCUT2D eigenvalue weighted by Crippen LogP contribution is 2.27. The summed E-state index contributed by atoms with van der Waals surface area (Å²) in [6.07, 6.45) is 0. The van der Waals surface area contributed by atoms with Crippen LogP contribution in [0.25, 0.3) is 0 Å². The standard InChI is InChI=1S/C13H10Br2FNO/c14-10-3-1-8(5-12(10)17)7-18-13-6-9(16)2-4-11(13)15/h1-6H,7,17H2. The normalized spacial score (nSPS) is 10.4. The minimum atomic E-state index is -0.330. The van der Waals surface area contributed by atoms with Gasteiger partial charge < -0.3 is 10.5 Å². The van der Waals surface area contributed by atoms with E-state index in [0.29, 0.717) is 22.5 Å². The van der Waals surface area contributed by atoms with Gasteiger partial charge in [0.1, 0.15) is 18.2 Å². The average Bonchev–Trinajstić information content (AvgIpc) is 2.34. The molecule has 0 bridgehead atoms. The van der Waals surface area contributed by atoms with E-state index in [1.807, 2.05) is 18.2 Å². The number of anilines is 1. The van der Waals surface area contributed by atoms with Gasteiger partial charge in [0, 0.05) is 16.2 Å². The average molecular weight is 375 g/mol. The number of rotatable bonds is 3. The van der Waals surface area contributed by atoms with Gasteiger partial charge in [-0.05, 0) is 61.7 Å². The first-order valence-corrected chi connectivity index (χ1v) is 6.76. The quantitative estimate of drug-likeness (QED) is 0.802. The smallest absolute Gasteiger partial charge is 0.136 e. The van der Waals surface area contributed by atoms with Crippen LogP contribution >= 0.6 is 31.9 Å². The highest BCUT2D eigenvalue weighted by Gasteiger charge is 2.04. The molecule has 5 heteroatoms. The summed E-state index contributed by atoms with van der Waals surface area (Å²) in [5, 5.41) is 0. The van der Waals surface area contributed by atoms with E-state index in [9.17, 15) is 4.39 Å². The molecule has 0 aliphatic heterocycles. The molecule has 2 nitrogen and oxygen atoms in total. The summed E-state index contributed by atoms with van der Waals surface area (Å²) in [7, 11) is 0. The Bertz CT molecular complexity index is 575. The molecule has 0 saturated carbocycles.